The SMILES string of the molecule is Cc1ccccc1Nc1cnnc(NCCN2CCOCC2)n1. The Morgan fingerprint density at radius 1 is 1.22 bits per heavy atom. The second-order valence-corrected chi connectivity index (χ2v) is 5.49. The summed E-state index contributed by atoms with van der Waals surface area (Å²) in [6.07, 6.45) is 1.62. The van der Waals surface area contributed by atoms with Crippen molar-refractivity contribution in [2.75, 3.05) is 50.0 Å². The van der Waals surface area contributed by atoms with Crippen LogP contribution in [-0.2, 0) is 4.74 Å². The number of nitrogens with one attached hydrogen (secondary N) is 2. The van der Waals surface area contributed by atoms with Gasteiger partial charge in [-0.15, -0.1) is 5.10 Å². The van der Waals surface area contributed by atoms with E-state index in [1.807, 2.05) is 18.2 Å². The lowest BCUT2D eigenvalue weighted by Gasteiger charge is -2.26. The lowest BCUT2D eigenvalue weighted by atomic mass is 10.2. The molecule has 7 nitrogen and oxygen atoms in total. The smallest absolute Gasteiger partial charge is 0.244 e. The van der Waals surface area contributed by atoms with Gasteiger partial charge in [-0.05, 0) is 18.6 Å². The van der Waals surface area contributed by atoms with Crippen molar-refractivity contribution in [3.05, 3.63) is 36.0 Å². The number of ether oxygens (including phenoxy) is 1. The van der Waals surface area contributed by atoms with Crippen LogP contribution in [0.15, 0.2) is 30.5 Å². The molecular weight excluding hydrogens is 292 g/mol. The van der Waals surface area contributed by atoms with Gasteiger partial charge in [0.25, 0.3) is 0 Å². The quantitative estimate of drug-likeness (QED) is 0.840. The molecule has 0 spiro atoms. The van der Waals surface area contributed by atoms with Crippen LogP contribution in [-0.4, -0.2) is 59.5 Å². The highest BCUT2D eigenvalue weighted by Crippen LogP contribution is 2.18. The maximum absolute atomic E-state index is 5.34. The van der Waals surface area contributed by atoms with Crippen LogP contribution >= 0.6 is 0 Å². The fraction of sp³-hybridized carbons (Fsp3) is 0.438. The average molecular weight is 314 g/mol. The Labute approximate surface area is 136 Å². The van der Waals surface area contributed by atoms with Crippen LogP contribution in [0.2, 0.25) is 0 Å². The molecular formula is C16H22N6O. The molecule has 2 heterocycles. The Morgan fingerprint density at radius 2 is 2.04 bits per heavy atom. The van der Waals surface area contributed by atoms with E-state index < -0.39 is 0 Å². The number of rotatable bonds is 6. The van der Waals surface area contributed by atoms with E-state index in [-0.39, 0.29) is 0 Å². The van der Waals surface area contributed by atoms with Crippen molar-refractivity contribution in [3.63, 3.8) is 0 Å². The first-order valence-corrected chi connectivity index (χ1v) is 7.87. The van der Waals surface area contributed by atoms with Crippen molar-refractivity contribution in [3.8, 4) is 0 Å². The Hall–Kier alpha value is -2.25. The molecule has 0 bridgehead atoms. The lowest BCUT2D eigenvalue weighted by molar-refractivity contribution is 0.0398. The molecule has 3 rings (SSSR count). The molecule has 122 valence electrons. The van der Waals surface area contributed by atoms with Crippen molar-refractivity contribution >= 4 is 17.5 Å². The zero-order valence-corrected chi connectivity index (χ0v) is 13.3. The predicted octanol–water partition coefficient (Wildman–Crippen LogP) is 1.67. The number of anilines is 3. The van der Waals surface area contributed by atoms with Crippen LogP contribution in [0.3, 0.4) is 0 Å². The molecule has 2 aromatic rings. The molecule has 0 saturated carbocycles. The monoisotopic (exact) mass is 314 g/mol. The van der Waals surface area contributed by atoms with Gasteiger partial charge in [-0.1, -0.05) is 18.2 Å². The van der Waals surface area contributed by atoms with E-state index in [0.29, 0.717) is 11.8 Å². The first-order chi connectivity index (χ1) is 11.3. The summed E-state index contributed by atoms with van der Waals surface area (Å²) in [5, 5.41) is 14.5. The van der Waals surface area contributed by atoms with E-state index in [4.69, 9.17) is 4.74 Å². The fourth-order valence-electron chi connectivity index (χ4n) is 2.44. The summed E-state index contributed by atoms with van der Waals surface area (Å²) in [4.78, 5) is 6.81. The molecule has 1 aromatic carbocycles. The van der Waals surface area contributed by atoms with Gasteiger partial charge in [0, 0.05) is 31.9 Å². The van der Waals surface area contributed by atoms with E-state index >= 15 is 0 Å². The summed E-state index contributed by atoms with van der Waals surface area (Å²) in [7, 11) is 0. The van der Waals surface area contributed by atoms with Crippen molar-refractivity contribution in [2.24, 2.45) is 0 Å². The molecule has 1 aliphatic rings. The molecule has 1 saturated heterocycles. The second kappa shape index (κ2) is 7.85. The van der Waals surface area contributed by atoms with Gasteiger partial charge >= 0.3 is 0 Å². The number of benzene rings is 1. The van der Waals surface area contributed by atoms with Crippen LogP contribution in [0.4, 0.5) is 17.5 Å². The maximum atomic E-state index is 5.34. The summed E-state index contributed by atoms with van der Waals surface area (Å²) in [6.45, 7) is 7.38. The number of para-hydroxylation sites is 1. The summed E-state index contributed by atoms with van der Waals surface area (Å²) in [5.74, 6) is 1.22. The van der Waals surface area contributed by atoms with Crippen LogP contribution in [0.5, 0.6) is 0 Å². The van der Waals surface area contributed by atoms with Gasteiger partial charge in [-0.2, -0.15) is 10.1 Å². The number of hydrogen-bond donors (Lipinski definition) is 2. The second-order valence-electron chi connectivity index (χ2n) is 5.49. The third kappa shape index (κ3) is 4.61. The third-order valence-corrected chi connectivity index (χ3v) is 3.78. The Balaban J connectivity index is 1.53. The van der Waals surface area contributed by atoms with Crippen LogP contribution < -0.4 is 10.6 Å². The largest absolute Gasteiger partial charge is 0.379 e. The van der Waals surface area contributed by atoms with Gasteiger partial charge in [0.15, 0.2) is 5.82 Å². The molecule has 23 heavy (non-hydrogen) atoms. The van der Waals surface area contributed by atoms with Crippen molar-refractivity contribution < 1.29 is 4.74 Å². The zero-order chi connectivity index (χ0) is 15.9. The summed E-state index contributed by atoms with van der Waals surface area (Å²) < 4.78 is 5.34. The van der Waals surface area contributed by atoms with Crippen molar-refractivity contribution in [1.82, 2.24) is 20.1 Å². The average Bonchev–Trinajstić information content (AvgIpc) is 2.58. The molecule has 1 aliphatic heterocycles. The van der Waals surface area contributed by atoms with Gasteiger partial charge in [-0.3, -0.25) is 4.90 Å². The molecule has 2 N–H and O–H groups in total. The van der Waals surface area contributed by atoms with E-state index in [1.54, 1.807) is 6.20 Å². The summed E-state index contributed by atoms with van der Waals surface area (Å²) in [5.41, 5.74) is 2.18. The minimum Gasteiger partial charge on any atom is -0.379 e. The third-order valence-electron chi connectivity index (χ3n) is 3.78. The van der Waals surface area contributed by atoms with Gasteiger partial charge < -0.3 is 15.4 Å². The lowest BCUT2D eigenvalue weighted by Crippen LogP contribution is -2.39. The first-order valence-electron chi connectivity index (χ1n) is 7.87. The topological polar surface area (TPSA) is 75.2 Å². The normalized spacial score (nSPS) is 15.3. The van der Waals surface area contributed by atoms with Crippen molar-refractivity contribution in [1.29, 1.82) is 0 Å². The van der Waals surface area contributed by atoms with Crippen molar-refractivity contribution in [2.45, 2.75) is 6.92 Å². The predicted molar refractivity (Wildman–Crippen MR) is 90.0 cm³/mol. The van der Waals surface area contributed by atoms with Crippen LogP contribution in [0.1, 0.15) is 5.56 Å². The first kappa shape index (κ1) is 15.6. The molecule has 0 unspecified atom stereocenters. The molecule has 0 radical (unpaired) electrons. The minimum atomic E-state index is 0.539. The Bertz CT molecular complexity index is 629. The number of aryl methyl sites for hydroxylation is 1. The van der Waals surface area contributed by atoms with E-state index in [2.05, 4.69) is 43.7 Å². The highest BCUT2D eigenvalue weighted by Gasteiger charge is 2.09. The maximum Gasteiger partial charge on any atom is 0.244 e. The Kier molecular flexibility index (Phi) is 5.33. The Morgan fingerprint density at radius 3 is 2.87 bits per heavy atom. The van der Waals surface area contributed by atoms with Crippen LogP contribution in [0.25, 0.3) is 0 Å². The number of hydrogen-bond acceptors (Lipinski definition) is 7. The highest BCUT2D eigenvalue weighted by molar-refractivity contribution is 5.59. The standard InChI is InChI=1S/C16H22N6O/c1-13-4-2-3-5-14(13)19-15-12-18-21-16(20-15)17-6-7-22-8-10-23-11-9-22/h2-5,12H,6-11H2,1H3,(H2,17,19,20,21). The molecule has 0 aliphatic carbocycles. The molecule has 1 fully saturated rings. The van der Waals surface area contributed by atoms with E-state index in [0.717, 1.165) is 50.6 Å². The molecule has 0 atom stereocenters. The van der Waals surface area contributed by atoms with Gasteiger partial charge in [0.05, 0.1) is 19.4 Å². The summed E-state index contributed by atoms with van der Waals surface area (Å²) in [6, 6.07) is 8.07. The van der Waals surface area contributed by atoms with E-state index in [9.17, 15) is 0 Å². The molecule has 0 amide bonds. The number of nitrogens with zero attached hydrogens (tertiary/aromatic N) is 4. The molecule has 7 heteroatoms. The molecule has 1 aromatic heterocycles. The van der Waals surface area contributed by atoms with Gasteiger partial charge in [0.1, 0.15) is 0 Å². The van der Waals surface area contributed by atoms with E-state index in [1.165, 1.54) is 0 Å². The van der Waals surface area contributed by atoms with Crippen LogP contribution in [0, 0.1) is 6.92 Å². The van der Waals surface area contributed by atoms with Gasteiger partial charge in [0.2, 0.25) is 5.95 Å². The minimum absolute atomic E-state index is 0.539. The number of morpholine rings is 1. The highest BCUT2D eigenvalue weighted by atomic mass is 16.5. The summed E-state index contributed by atoms with van der Waals surface area (Å²) >= 11 is 0. The van der Waals surface area contributed by atoms with Gasteiger partial charge in [-0.25, -0.2) is 0 Å². The number of aromatic nitrogens is 3. The zero-order valence-electron chi connectivity index (χ0n) is 13.3. The fourth-order valence-corrected chi connectivity index (χ4v) is 2.44.